The second-order valence-corrected chi connectivity index (χ2v) is 6.41. The molecular formula is C14H23NOS. The molecule has 0 aliphatic heterocycles. The van der Waals surface area contributed by atoms with Crippen molar-refractivity contribution < 1.29 is 4.42 Å². The van der Waals surface area contributed by atoms with Crippen LogP contribution in [-0.4, -0.2) is 23.6 Å². The fraction of sp³-hybridized carbons (Fsp3) is 0.714. The van der Waals surface area contributed by atoms with Crippen LogP contribution in [0.25, 0.3) is 0 Å². The Morgan fingerprint density at radius 2 is 2.35 bits per heavy atom. The first-order valence-electron chi connectivity index (χ1n) is 6.55. The van der Waals surface area contributed by atoms with Crippen LogP contribution >= 0.6 is 11.8 Å². The highest BCUT2D eigenvalue weighted by molar-refractivity contribution is 8.00. The SMILES string of the molecule is CSC1(CNC(C)CCc2ccco2)CCC1. The predicted octanol–water partition coefficient (Wildman–Crippen LogP) is 3.48. The van der Waals surface area contributed by atoms with Crippen molar-refractivity contribution in [1.29, 1.82) is 0 Å². The van der Waals surface area contributed by atoms with Gasteiger partial charge < -0.3 is 9.73 Å². The van der Waals surface area contributed by atoms with Gasteiger partial charge in [0.1, 0.15) is 5.76 Å². The molecule has 1 fully saturated rings. The number of nitrogens with one attached hydrogen (secondary N) is 1. The number of aryl methyl sites for hydroxylation is 1. The largest absolute Gasteiger partial charge is 0.469 e. The molecule has 1 aromatic heterocycles. The summed E-state index contributed by atoms with van der Waals surface area (Å²) in [7, 11) is 0. The minimum Gasteiger partial charge on any atom is -0.469 e. The van der Waals surface area contributed by atoms with E-state index in [0.717, 1.165) is 25.1 Å². The Kier molecular flexibility index (Phi) is 4.57. The van der Waals surface area contributed by atoms with Crippen LogP contribution in [0.15, 0.2) is 22.8 Å². The van der Waals surface area contributed by atoms with E-state index in [-0.39, 0.29) is 0 Å². The topological polar surface area (TPSA) is 25.2 Å². The highest BCUT2D eigenvalue weighted by Crippen LogP contribution is 2.42. The summed E-state index contributed by atoms with van der Waals surface area (Å²) in [5, 5.41) is 3.68. The normalized spacial score (nSPS) is 19.9. The van der Waals surface area contributed by atoms with E-state index in [0.29, 0.717) is 10.8 Å². The highest BCUT2D eigenvalue weighted by atomic mass is 32.2. The van der Waals surface area contributed by atoms with Crippen LogP contribution in [0.1, 0.15) is 38.4 Å². The van der Waals surface area contributed by atoms with Gasteiger partial charge in [0, 0.05) is 23.8 Å². The van der Waals surface area contributed by atoms with E-state index in [1.165, 1.54) is 19.3 Å². The van der Waals surface area contributed by atoms with Crippen molar-refractivity contribution in [2.24, 2.45) is 0 Å². The van der Waals surface area contributed by atoms with Crippen molar-refractivity contribution in [1.82, 2.24) is 5.32 Å². The van der Waals surface area contributed by atoms with Crippen molar-refractivity contribution in [3.63, 3.8) is 0 Å². The third-order valence-corrected chi connectivity index (χ3v) is 5.29. The Morgan fingerprint density at radius 1 is 1.53 bits per heavy atom. The van der Waals surface area contributed by atoms with Gasteiger partial charge in [-0.25, -0.2) is 0 Å². The zero-order valence-electron chi connectivity index (χ0n) is 10.9. The van der Waals surface area contributed by atoms with Crippen LogP contribution in [0, 0.1) is 0 Å². The van der Waals surface area contributed by atoms with Crippen LogP contribution in [0.2, 0.25) is 0 Å². The molecule has 1 unspecified atom stereocenters. The molecule has 0 saturated heterocycles. The van der Waals surface area contributed by atoms with Crippen molar-refractivity contribution in [3.8, 4) is 0 Å². The molecule has 1 aliphatic carbocycles. The van der Waals surface area contributed by atoms with E-state index in [1.54, 1.807) is 6.26 Å². The van der Waals surface area contributed by atoms with E-state index in [2.05, 4.69) is 24.6 Å². The fourth-order valence-corrected chi connectivity index (χ4v) is 3.22. The van der Waals surface area contributed by atoms with Gasteiger partial charge in [0.15, 0.2) is 0 Å². The summed E-state index contributed by atoms with van der Waals surface area (Å²) in [6.45, 7) is 3.43. The van der Waals surface area contributed by atoms with Crippen LogP contribution in [0.3, 0.4) is 0 Å². The number of hydrogen-bond acceptors (Lipinski definition) is 3. The van der Waals surface area contributed by atoms with E-state index in [4.69, 9.17) is 4.42 Å². The molecule has 17 heavy (non-hydrogen) atoms. The van der Waals surface area contributed by atoms with Gasteiger partial charge in [-0.1, -0.05) is 6.42 Å². The zero-order chi connectivity index (χ0) is 12.1. The molecule has 1 heterocycles. The summed E-state index contributed by atoms with van der Waals surface area (Å²) in [5.41, 5.74) is 0. The number of hydrogen-bond donors (Lipinski definition) is 1. The molecule has 3 heteroatoms. The molecule has 0 bridgehead atoms. The summed E-state index contributed by atoms with van der Waals surface area (Å²) in [6, 6.07) is 4.59. The van der Waals surface area contributed by atoms with E-state index in [1.807, 2.05) is 17.8 Å². The van der Waals surface area contributed by atoms with Gasteiger partial charge in [-0.3, -0.25) is 0 Å². The molecule has 1 atom stereocenters. The summed E-state index contributed by atoms with van der Waals surface area (Å²) < 4.78 is 5.89. The summed E-state index contributed by atoms with van der Waals surface area (Å²) in [5.74, 6) is 1.10. The van der Waals surface area contributed by atoms with Gasteiger partial charge in [-0.05, 0) is 44.6 Å². The van der Waals surface area contributed by atoms with Crippen LogP contribution in [-0.2, 0) is 6.42 Å². The Labute approximate surface area is 109 Å². The minimum absolute atomic E-state index is 0.541. The number of rotatable bonds is 7. The predicted molar refractivity (Wildman–Crippen MR) is 74.6 cm³/mol. The zero-order valence-corrected chi connectivity index (χ0v) is 11.7. The fourth-order valence-electron chi connectivity index (χ4n) is 2.30. The summed E-state index contributed by atoms with van der Waals surface area (Å²) in [4.78, 5) is 0. The van der Waals surface area contributed by atoms with Gasteiger partial charge in [0.2, 0.25) is 0 Å². The third kappa shape index (κ3) is 3.52. The van der Waals surface area contributed by atoms with Gasteiger partial charge in [-0.2, -0.15) is 11.8 Å². The Hall–Kier alpha value is -0.410. The molecular weight excluding hydrogens is 230 g/mol. The second-order valence-electron chi connectivity index (χ2n) is 5.14. The van der Waals surface area contributed by atoms with Gasteiger partial charge in [-0.15, -0.1) is 0 Å². The minimum atomic E-state index is 0.541. The lowest BCUT2D eigenvalue weighted by Crippen LogP contribution is -2.45. The molecule has 1 aliphatic rings. The van der Waals surface area contributed by atoms with Crippen LogP contribution < -0.4 is 5.32 Å². The van der Waals surface area contributed by atoms with E-state index in [9.17, 15) is 0 Å². The second kappa shape index (κ2) is 5.96. The first kappa shape index (κ1) is 13.0. The Bertz CT molecular complexity index is 313. The van der Waals surface area contributed by atoms with Crippen molar-refractivity contribution in [2.75, 3.05) is 12.8 Å². The first-order valence-corrected chi connectivity index (χ1v) is 7.77. The van der Waals surface area contributed by atoms with Crippen molar-refractivity contribution in [2.45, 2.75) is 49.8 Å². The maximum atomic E-state index is 5.35. The summed E-state index contributed by atoms with van der Waals surface area (Å²) >= 11 is 2.04. The Balaban J connectivity index is 1.65. The first-order chi connectivity index (χ1) is 8.24. The molecule has 0 aromatic carbocycles. The molecule has 1 saturated carbocycles. The average molecular weight is 253 g/mol. The molecule has 96 valence electrons. The molecule has 0 radical (unpaired) electrons. The molecule has 0 amide bonds. The lowest BCUT2D eigenvalue weighted by atomic mass is 9.84. The van der Waals surface area contributed by atoms with E-state index < -0.39 is 0 Å². The lowest BCUT2D eigenvalue weighted by molar-refractivity contribution is 0.328. The smallest absolute Gasteiger partial charge is 0.103 e. The standard InChI is InChI=1S/C14H23NOS/c1-12(6-7-13-5-3-10-16-13)15-11-14(17-2)8-4-9-14/h3,5,10,12,15H,4,6-9,11H2,1-2H3. The number of thioether (sulfide) groups is 1. The van der Waals surface area contributed by atoms with Crippen molar-refractivity contribution in [3.05, 3.63) is 24.2 Å². The maximum Gasteiger partial charge on any atom is 0.103 e. The van der Waals surface area contributed by atoms with Crippen LogP contribution in [0.5, 0.6) is 0 Å². The molecule has 2 nitrogen and oxygen atoms in total. The van der Waals surface area contributed by atoms with Crippen LogP contribution in [0.4, 0.5) is 0 Å². The van der Waals surface area contributed by atoms with Crippen molar-refractivity contribution >= 4 is 11.8 Å². The quantitative estimate of drug-likeness (QED) is 0.805. The summed E-state index contributed by atoms with van der Waals surface area (Å²) in [6.07, 6.45) is 10.4. The third-order valence-electron chi connectivity index (χ3n) is 3.87. The maximum absolute atomic E-state index is 5.35. The lowest BCUT2D eigenvalue weighted by Gasteiger charge is -2.41. The Morgan fingerprint density at radius 3 is 2.88 bits per heavy atom. The van der Waals surface area contributed by atoms with E-state index >= 15 is 0 Å². The van der Waals surface area contributed by atoms with Gasteiger partial charge in [0.25, 0.3) is 0 Å². The molecule has 2 rings (SSSR count). The van der Waals surface area contributed by atoms with Gasteiger partial charge in [0.05, 0.1) is 6.26 Å². The average Bonchev–Trinajstić information content (AvgIpc) is 2.78. The number of furan rings is 1. The molecule has 0 spiro atoms. The highest BCUT2D eigenvalue weighted by Gasteiger charge is 2.35. The molecule has 1 N–H and O–H groups in total. The monoisotopic (exact) mass is 253 g/mol. The molecule has 1 aromatic rings. The van der Waals surface area contributed by atoms with Gasteiger partial charge >= 0.3 is 0 Å².